The Labute approximate surface area is 172 Å². The third kappa shape index (κ3) is 5.03. The van der Waals surface area contributed by atoms with E-state index in [1.54, 1.807) is 12.1 Å². The van der Waals surface area contributed by atoms with Gasteiger partial charge in [-0.05, 0) is 43.0 Å². The van der Waals surface area contributed by atoms with E-state index in [0.717, 1.165) is 32.1 Å². The molecule has 1 amide bonds. The van der Waals surface area contributed by atoms with Gasteiger partial charge >= 0.3 is 6.61 Å². The highest BCUT2D eigenvalue weighted by Gasteiger charge is 2.43. The third-order valence-electron chi connectivity index (χ3n) is 5.53. The molecule has 1 aliphatic heterocycles. The lowest BCUT2D eigenvalue weighted by Gasteiger charge is -2.41. The molecule has 1 aromatic carbocycles. The number of sulfone groups is 1. The topological polar surface area (TPSA) is 63.7 Å². The zero-order chi connectivity index (χ0) is 20.3. The Bertz CT molecular complexity index is 806. The van der Waals surface area contributed by atoms with Crippen molar-refractivity contribution in [2.24, 2.45) is 0 Å². The molecule has 5 nitrogen and oxygen atoms in total. The summed E-state index contributed by atoms with van der Waals surface area (Å²) in [7, 11) is -3.19. The van der Waals surface area contributed by atoms with Gasteiger partial charge < -0.3 is 9.64 Å². The van der Waals surface area contributed by atoms with Crippen molar-refractivity contribution in [2.45, 2.75) is 62.1 Å². The number of hydrogen-bond donors (Lipinski definition) is 0. The SMILES string of the molecule is O=C(CCc1cc(Br)ccc1OC(F)F)N1CC(S(=O)(=O)C2CCCCC2)C1. The monoisotopic (exact) mass is 479 g/mol. The minimum atomic E-state index is -3.19. The second-order valence-corrected chi connectivity index (χ2v) is 10.8. The Hall–Kier alpha value is -1.22. The Morgan fingerprint density at radius 2 is 1.86 bits per heavy atom. The number of aryl methyl sites for hydroxylation is 1. The van der Waals surface area contributed by atoms with E-state index >= 15 is 0 Å². The molecule has 28 heavy (non-hydrogen) atoms. The number of ether oxygens (including phenoxy) is 1. The number of nitrogens with zero attached hydrogens (tertiary/aromatic N) is 1. The van der Waals surface area contributed by atoms with Crippen LogP contribution in [-0.2, 0) is 21.1 Å². The van der Waals surface area contributed by atoms with E-state index in [0.29, 0.717) is 10.0 Å². The molecule has 2 aliphatic rings. The lowest BCUT2D eigenvalue weighted by molar-refractivity contribution is -0.134. The minimum absolute atomic E-state index is 0.0485. The van der Waals surface area contributed by atoms with Gasteiger partial charge in [0.1, 0.15) is 5.75 Å². The molecule has 3 rings (SSSR count). The first-order valence-electron chi connectivity index (χ1n) is 9.51. The van der Waals surface area contributed by atoms with Gasteiger partial charge in [0.25, 0.3) is 0 Å². The summed E-state index contributed by atoms with van der Waals surface area (Å²) in [5.41, 5.74) is 0.509. The van der Waals surface area contributed by atoms with Gasteiger partial charge in [0.15, 0.2) is 9.84 Å². The summed E-state index contributed by atoms with van der Waals surface area (Å²) in [6.45, 7) is -2.47. The maximum Gasteiger partial charge on any atom is 0.387 e. The van der Waals surface area contributed by atoms with Crippen LogP contribution in [0, 0.1) is 0 Å². The van der Waals surface area contributed by atoms with Crippen molar-refractivity contribution in [3.63, 3.8) is 0 Å². The van der Waals surface area contributed by atoms with E-state index < -0.39 is 21.7 Å². The molecular formula is C19H24BrF2NO4S. The number of likely N-dealkylation sites (tertiary alicyclic amines) is 1. The van der Waals surface area contributed by atoms with Gasteiger partial charge in [0.2, 0.25) is 5.91 Å². The molecule has 1 aromatic rings. The predicted octanol–water partition coefficient (Wildman–Crippen LogP) is 3.94. The Balaban J connectivity index is 1.53. The van der Waals surface area contributed by atoms with Crippen LogP contribution >= 0.6 is 15.9 Å². The number of amides is 1. The minimum Gasteiger partial charge on any atom is -0.435 e. The third-order valence-corrected chi connectivity index (χ3v) is 8.65. The van der Waals surface area contributed by atoms with Crippen molar-refractivity contribution >= 4 is 31.7 Å². The number of rotatable bonds is 7. The van der Waals surface area contributed by atoms with Crippen LogP contribution in [0.2, 0.25) is 0 Å². The molecule has 1 aliphatic carbocycles. The standard InChI is InChI=1S/C19H24BrF2NO4S/c20-14-7-8-17(27-19(21)22)13(10-14)6-9-18(24)23-11-16(12-23)28(25,26)15-4-2-1-3-5-15/h7-8,10,15-16,19H,1-6,9,11-12H2. The van der Waals surface area contributed by atoms with Crippen LogP contribution < -0.4 is 4.74 Å². The molecule has 9 heteroatoms. The fraction of sp³-hybridized carbons (Fsp3) is 0.632. The van der Waals surface area contributed by atoms with Gasteiger partial charge in [-0.1, -0.05) is 35.2 Å². The normalized spacial score (nSPS) is 18.9. The van der Waals surface area contributed by atoms with Crippen LogP contribution in [0.4, 0.5) is 8.78 Å². The summed E-state index contributed by atoms with van der Waals surface area (Å²) in [6, 6.07) is 4.68. The largest absolute Gasteiger partial charge is 0.435 e. The van der Waals surface area contributed by atoms with E-state index in [2.05, 4.69) is 20.7 Å². The molecule has 0 spiro atoms. The fourth-order valence-corrected chi connectivity index (χ4v) is 6.59. The van der Waals surface area contributed by atoms with Crippen molar-refractivity contribution < 1.29 is 26.7 Å². The molecule has 0 aromatic heterocycles. The first-order valence-corrected chi connectivity index (χ1v) is 11.9. The fourth-order valence-electron chi connectivity index (χ4n) is 3.87. The molecule has 0 bridgehead atoms. The first kappa shape index (κ1) is 21.5. The quantitative estimate of drug-likeness (QED) is 0.593. The zero-order valence-electron chi connectivity index (χ0n) is 15.5. The summed E-state index contributed by atoms with van der Waals surface area (Å²) in [5.74, 6) is -0.120. The molecule has 0 N–H and O–H groups in total. The zero-order valence-corrected chi connectivity index (χ0v) is 17.9. The smallest absolute Gasteiger partial charge is 0.387 e. The van der Waals surface area contributed by atoms with Crippen LogP contribution in [0.3, 0.4) is 0 Å². The van der Waals surface area contributed by atoms with E-state index in [4.69, 9.17) is 0 Å². The molecule has 1 saturated carbocycles. The first-order chi connectivity index (χ1) is 13.3. The van der Waals surface area contributed by atoms with Crippen molar-refractivity contribution in [3.05, 3.63) is 28.2 Å². The average molecular weight is 480 g/mol. The van der Waals surface area contributed by atoms with E-state index in [1.165, 1.54) is 11.0 Å². The van der Waals surface area contributed by atoms with Crippen LogP contribution in [0.25, 0.3) is 0 Å². The molecule has 0 unspecified atom stereocenters. The van der Waals surface area contributed by atoms with Crippen LogP contribution in [0.15, 0.2) is 22.7 Å². The molecule has 0 atom stereocenters. The highest BCUT2D eigenvalue weighted by molar-refractivity contribution is 9.10. The van der Waals surface area contributed by atoms with Gasteiger partial charge in [0, 0.05) is 24.0 Å². The average Bonchev–Trinajstić information content (AvgIpc) is 2.61. The maximum atomic E-state index is 12.7. The van der Waals surface area contributed by atoms with Crippen molar-refractivity contribution in [2.75, 3.05) is 13.1 Å². The highest BCUT2D eigenvalue weighted by atomic mass is 79.9. The Kier molecular flexibility index (Phi) is 6.96. The van der Waals surface area contributed by atoms with Gasteiger partial charge in [-0.15, -0.1) is 0 Å². The van der Waals surface area contributed by atoms with Gasteiger partial charge in [0.05, 0.1) is 10.5 Å². The Morgan fingerprint density at radius 1 is 1.18 bits per heavy atom. The van der Waals surface area contributed by atoms with Crippen molar-refractivity contribution in [3.8, 4) is 5.75 Å². The summed E-state index contributed by atoms with van der Waals surface area (Å²) in [6.07, 6.45) is 4.81. The van der Waals surface area contributed by atoms with Gasteiger partial charge in [-0.2, -0.15) is 8.78 Å². The summed E-state index contributed by atoms with van der Waals surface area (Å²) in [4.78, 5) is 13.9. The lowest BCUT2D eigenvalue weighted by atomic mass is 10.0. The van der Waals surface area contributed by atoms with Crippen molar-refractivity contribution in [1.29, 1.82) is 0 Å². The number of carbonyl (C=O) groups is 1. The number of hydrogen-bond acceptors (Lipinski definition) is 4. The van der Waals surface area contributed by atoms with E-state index in [-0.39, 0.29) is 42.8 Å². The number of alkyl halides is 2. The number of benzene rings is 1. The second kappa shape index (κ2) is 9.07. The molecule has 156 valence electrons. The Morgan fingerprint density at radius 3 is 2.50 bits per heavy atom. The van der Waals surface area contributed by atoms with E-state index in [1.807, 2.05) is 0 Å². The van der Waals surface area contributed by atoms with Crippen LogP contribution in [-0.4, -0.2) is 49.4 Å². The summed E-state index contributed by atoms with van der Waals surface area (Å²) < 4.78 is 55.6. The molecule has 1 heterocycles. The van der Waals surface area contributed by atoms with Crippen LogP contribution in [0.1, 0.15) is 44.1 Å². The maximum absolute atomic E-state index is 12.7. The highest BCUT2D eigenvalue weighted by Crippen LogP contribution is 2.31. The van der Waals surface area contributed by atoms with E-state index in [9.17, 15) is 22.0 Å². The molecule has 2 fully saturated rings. The number of carbonyl (C=O) groups excluding carboxylic acids is 1. The summed E-state index contributed by atoms with van der Waals surface area (Å²) >= 11 is 3.29. The predicted molar refractivity (Wildman–Crippen MR) is 105 cm³/mol. The molecular weight excluding hydrogens is 456 g/mol. The van der Waals surface area contributed by atoms with Gasteiger partial charge in [-0.25, -0.2) is 8.42 Å². The molecule has 1 saturated heterocycles. The van der Waals surface area contributed by atoms with Gasteiger partial charge in [-0.3, -0.25) is 4.79 Å². The number of halogens is 3. The van der Waals surface area contributed by atoms with Crippen LogP contribution in [0.5, 0.6) is 5.75 Å². The molecule has 0 radical (unpaired) electrons. The second-order valence-electron chi connectivity index (χ2n) is 7.40. The summed E-state index contributed by atoms with van der Waals surface area (Å²) in [5, 5.41) is -0.734. The van der Waals surface area contributed by atoms with Crippen molar-refractivity contribution in [1.82, 2.24) is 4.90 Å². The lowest BCUT2D eigenvalue weighted by Crippen LogP contribution is -2.58.